The average Bonchev–Trinajstić information content (AvgIpc) is 2.37. The molecular formula is C13H16N2O2S. The van der Waals surface area contributed by atoms with Crippen molar-refractivity contribution >= 4 is 29.3 Å². The van der Waals surface area contributed by atoms with Gasteiger partial charge in [-0.2, -0.15) is 0 Å². The van der Waals surface area contributed by atoms with E-state index >= 15 is 0 Å². The van der Waals surface area contributed by atoms with Gasteiger partial charge in [0.15, 0.2) is 0 Å². The van der Waals surface area contributed by atoms with Crippen LogP contribution in [0.5, 0.6) is 0 Å². The Labute approximate surface area is 111 Å². The Bertz CT molecular complexity index is 462. The molecule has 4 nitrogen and oxygen atoms in total. The van der Waals surface area contributed by atoms with Crippen molar-refractivity contribution < 1.29 is 9.59 Å². The first-order valence-electron chi connectivity index (χ1n) is 6.04. The summed E-state index contributed by atoms with van der Waals surface area (Å²) in [5, 5.41) is 5.29. The molecule has 1 aromatic carbocycles. The summed E-state index contributed by atoms with van der Waals surface area (Å²) >= 11 is 1.45. The predicted molar refractivity (Wildman–Crippen MR) is 72.6 cm³/mol. The van der Waals surface area contributed by atoms with Crippen LogP contribution in [-0.4, -0.2) is 23.6 Å². The van der Waals surface area contributed by atoms with Gasteiger partial charge in [0.25, 0.3) is 0 Å². The van der Waals surface area contributed by atoms with Crippen LogP contribution in [0.25, 0.3) is 0 Å². The maximum absolute atomic E-state index is 11.9. The second kappa shape index (κ2) is 5.91. The Balaban J connectivity index is 1.99. The molecule has 1 aromatic rings. The van der Waals surface area contributed by atoms with Gasteiger partial charge in [-0.25, -0.2) is 0 Å². The minimum absolute atomic E-state index is 0.0659. The van der Waals surface area contributed by atoms with Crippen molar-refractivity contribution in [1.82, 2.24) is 5.32 Å². The third kappa shape index (κ3) is 3.04. The summed E-state index contributed by atoms with van der Waals surface area (Å²) < 4.78 is 0. The number of hydrogen-bond donors (Lipinski definition) is 2. The molecule has 2 amide bonds. The molecule has 1 atom stereocenters. The lowest BCUT2D eigenvalue weighted by molar-refractivity contribution is -0.124. The molecule has 0 unspecified atom stereocenters. The summed E-state index contributed by atoms with van der Waals surface area (Å²) in [7, 11) is 0. The van der Waals surface area contributed by atoms with Crippen LogP contribution in [0.4, 0.5) is 5.69 Å². The number of thioether (sulfide) groups is 1. The number of rotatable bonds is 4. The zero-order valence-corrected chi connectivity index (χ0v) is 11.0. The molecule has 18 heavy (non-hydrogen) atoms. The van der Waals surface area contributed by atoms with Crippen LogP contribution in [0.15, 0.2) is 29.2 Å². The van der Waals surface area contributed by atoms with Crippen LogP contribution in [0, 0.1) is 0 Å². The standard InChI is InChI=1S/C13H16N2O2S/c1-2-7-14-12(16)8-11-13(17)15-9-5-3-4-6-10(9)18-11/h3-6,11H,2,7-8H2,1H3,(H,14,16)(H,15,17)/t11-/m1/s1. The number of carbonyl (C=O) groups is 2. The van der Waals surface area contributed by atoms with Gasteiger partial charge >= 0.3 is 0 Å². The second-order valence-corrected chi connectivity index (χ2v) is 5.39. The van der Waals surface area contributed by atoms with Gasteiger partial charge in [-0.1, -0.05) is 19.1 Å². The first-order chi connectivity index (χ1) is 8.70. The number of anilines is 1. The van der Waals surface area contributed by atoms with Crippen molar-refractivity contribution in [2.75, 3.05) is 11.9 Å². The third-order valence-corrected chi connectivity index (χ3v) is 3.92. The molecule has 5 heteroatoms. The average molecular weight is 264 g/mol. The second-order valence-electron chi connectivity index (χ2n) is 4.15. The van der Waals surface area contributed by atoms with Crippen LogP contribution in [0.2, 0.25) is 0 Å². The summed E-state index contributed by atoms with van der Waals surface area (Å²) in [6.07, 6.45) is 1.13. The highest BCUT2D eigenvalue weighted by molar-refractivity contribution is 8.01. The van der Waals surface area contributed by atoms with Crippen LogP contribution in [0.3, 0.4) is 0 Å². The fraction of sp³-hybridized carbons (Fsp3) is 0.385. The Morgan fingerprint density at radius 2 is 2.22 bits per heavy atom. The Hall–Kier alpha value is -1.49. The molecular weight excluding hydrogens is 248 g/mol. The van der Waals surface area contributed by atoms with Gasteiger partial charge in [-0.3, -0.25) is 9.59 Å². The van der Waals surface area contributed by atoms with E-state index in [1.165, 1.54) is 11.8 Å². The van der Waals surface area contributed by atoms with Crippen LogP contribution in [0.1, 0.15) is 19.8 Å². The SMILES string of the molecule is CCCNC(=O)C[C@H]1Sc2ccccc2NC1=O. The zero-order valence-electron chi connectivity index (χ0n) is 10.2. The molecule has 0 saturated carbocycles. The van der Waals surface area contributed by atoms with Gasteiger partial charge < -0.3 is 10.6 Å². The van der Waals surface area contributed by atoms with E-state index in [0.717, 1.165) is 17.0 Å². The fourth-order valence-electron chi connectivity index (χ4n) is 1.73. The van der Waals surface area contributed by atoms with Crippen LogP contribution >= 0.6 is 11.8 Å². The first-order valence-corrected chi connectivity index (χ1v) is 6.92. The van der Waals surface area contributed by atoms with E-state index in [4.69, 9.17) is 0 Å². The molecule has 1 heterocycles. The molecule has 0 aliphatic carbocycles. The van der Waals surface area contributed by atoms with Crippen molar-refractivity contribution in [3.63, 3.8) is 0 Å². The fourth-order valence-corrected chi connectivity index (χ4v) is 2.84. The Kier molecular flexibility index (Phi) is 4.25. The van der Waals surface area contributed by atoms with Gasteiger partial charge in [-0.05, 0) is 18.6 Å². The highest BCUT2D eigenvalue weighted by Gasteiger charge is 2.28. The van der Waals surface area contributed by atoms with Crippen LogP contribution in [-0.2, 0) is 9.59 Å². The quantitative estimate of drug-likeness (QED) is 0.874. The van der Waals surface area contributed by atoms with Gasteiger partial charge in [-0.15, -0.1) is 11.8 Å². The molecule has 0 bridgehead atoms. The van der Waals surface area contributed by atoms with Gasteiger partial charge in [0.05, 0.1) is 10.9 Å². The zero-order chi connectivity index (χ0) is 13.0. The van der Waals surface area contributed by atoms with E-state index in [2.05, 4.69) is 10.6 Å². The van der Waals surface area contributed by atoms with Gasteiger partial charge in [0.1, 0.15) is 0 Å². The summed E-state index contributed by atoms with van der Waals surface area (Å²) in [6, 6.07) is 7.63. The molecule has 2 rings (SSSR count). The number of benzene rings is 1. The number of nitrogens with one attached hydrogen (secondary N) is 2. The number of amides is 2. The van der Waals surface area contributed by atoms with Crippen molar-refractivity contribution in [2.45, 2.75) is 29.9 Å². The minimum atomic E-state index is -0.336. The van der Waals surface area contributed by atoms with E-state index in [1.807, 2.05) is 31.2 Å². The summed E-state index contributed by atoms with van der Waals surface area (Å²) in [5.41, 5.74) is 0.831. The lowest BCUT2D eigenvalue weighted by atomic mass is 10.2. The van der Waals surface area contributed by atoms with E-state index < -0.39 is 0 Å². The first kappa shape index (κ1) is 13.0. The van der Waals surface area contributed by atoms with Gasteiger partial charge in [0.2, 0.25) is 11.8 Å². The number of hydrogen-bond acceptors (Lipinski definition) is 3. The topological polar surface area (TPSA) is 58.2 Å². The smallest absolute Gasteiger partial charge is 0.238 e. The van der Waals surface area contributed by atoms with Crippen molar-refractivity contribution in [3.05, 3.63) is 24.3 Å². The number of para-hydroxylation sites is 1. The van der Waals surface area contributed by atoms with E-state index in [9.17, 15) is 9.59 Å². The van der Waals surface area contributed by atoms with Crippen LogP contribution < -0.4 is 10.6 Å². The van der Waals surface area contributed by atoms with E-state index in [1.54, 1.807) is 0 Å². The van der Waals surface area contributed by atoms with Crippen molar-refractivity contribution in [2.24, 2.45) is 0 Å². The largest absolute Gasteiger partial charge is 0.356 e. The molecule has 2 N–H and O–H groups in total. The molecule has 0 spiro atoms. The van der Waals surface area contributed by atoms with E-state index in [0.29, 0.717) is 6.54 Å². The Morgan fingerprint density at radius 1 is 1.44 bits per heavy atom. The third-order valence-electron chi connectivity index (χ3n) is 2.65. The highest BCUT2D eigenvalue weighted by atomic mass is 32.2. The molecule has 1 aliphatic heterocycles. The summed E-state index contributed by atoms with van der Waals surface area (Å²) in [6.45, 7) is 2.66. The Morgan fingerprint density at radius 3 is 3.00 bits per heavy atom. The molecule has 0 radical (unpaired) electrons. The highest BCUT2D eigenvalue weighted by Crippen LogP contribution is 2.36. The predicted octanol–water partition coefficient (Wildman–Crippen LogP) is 2.02. The lowest BCUT2D eigenvalue weighted by Gasteiger charge is -2.23. The molecule has 0 fully saturated rings. The molecule has 0 saturated heterocycles. The number of fused-ring (bicyclic) bond motifs is 1. The lowest BCUT2D eigenvalue weighted by Crippen LogP contribution is -2.35. The summed E-state index contributed by atoms with van der Waals surface area (Å²) in [5.74, 6) is -0.158. The minimum Gasteiger partial charge on any atom is -0.356 e. The molecule has 1 aliphatic rings. The number of carbonyl (C=O) groups excluding carboxylic acids is 2. The molecule has 96 valence electrons. The monoisotopic (exact) mass is 264 g/mol. The summed E-state index contributed by atoms with van der Waals surface area (Å²) in [4.78, 5) is 24.5. The van der Waals surface area contributed by atoms with Crippen molar-refractivity contribution in [3.8, 4) is 0 Å². The van der Waals surface area contributed by atoms with Gasteiger partial charge in [0, 0.05) is 17.9 Å². The van der Waals surface area contributed by atoms with Crippen molar-refractivity contribution in [1.29, 1.82) is 0 Å². The maximum Gasteiger partial charge on any atom is 0.238 e. The molecule has 0 aromatic heterocycles. The normalized spacial score (nSPS) is 17.8. The van der Waals surface area contributed by atoms with E-state index in [-0.39, 0.29) is 23.5 Å². The maximum atomic E-state index is 11.9.